The molecule has 4 aromatic rings. The molecule has 0 fully saturated rings. The molecule has 0 saturated carbocycles. The molecule has 0 aliphatic rings. The maximum Gasteiger partial charge on any atom is 0.257 e. The first-order chi connectivity index (χ1) is 14.0. The van der Waals surface area contributed by atoms with E-state index < -0.39 is 5.82 Å². The second-order valence-corrected chi connectivity index (χ2v) is 8.34. The van der Waals surface area contributed by atoms with Gasteiger partial charge in [-0.2, -0.15) is 0 Å². The summed E-state index contributed by atoms with van der Waals surface area (Å²) in [5.41, 5.74) is 2.40. The van der Waals surface area contributed by atoms with Crippen molar-refractivity contribution in [1.82, 2.24) is 9.97 Å². The highest BCUT2D eigenvalue weighted by Gasteiger charge is 2.12. The van der Waals surface area contributed by atoms with Crippen molar-refractivity contribution in [1.29, 1.82) is 0 Å². The van der Waals surface area contributed by atoms with Crippen LogP contribution in [0, 0.1) is 12.7 Å². The van der Waals surface area contributed by atoms with Gasteiger partial charge < -0.3 is 5.32 Å². The Bertz CT molecular complexity index is 1200. The molecule has 4 rings (SSSR count). The fourth-order valence-electron chi connectivity index (χ4n) is 2.71. The first kappa shape index (κ1) is 19.2. The maximum absolute atomic E-state index is 13.0. The van der Waals surface area contributed by atoms with Crippen LogP contribution in [0.2, 0.25) is 0 Å². The fraction of sp³-hybridized carbons (Fsp3) is 0.100. The second kappa shape index (κ2) is 8.06. The third kappa shape index (κ3) is 4.64. The Morgan fingerprint density at radius 3 is 2.66 bits per heavy atom. The lowest BCUT2D eigenvalue weighted by atomic mass is 10.2. The number of aromatic nitrogens is 2. The molecule has 0 bridgehead atoms. The van der Waals surface area contributed by atoms with Gasteiger partial charge in [0.1, 0.15) is 5.82 Å². The van der Waals surface area contributed by atoms with Crippen LogP contribution in [0.1, 0.15) is 21.1 Å². The van der Waals surface area contributed by atoms with Gasteiger partial charge in [-0.3, -0.25) is 14.9 Å². The number of rotatable bonds is 5. The topological polar surface area (TPSA) is 84.0 Å². The van der Waals surface area contributed by atoms with Crippen LogP contribution >= 0.6 is 22.7 Å². The Balaban J connectivity index is 1.37. The molecule has 2 heterocycles. The van der Waals surface area contributed by atoms with E-state index in [0.29, 0.717) is 22.1 Å². The predicted molar refractivity (Wildman–Crippen MR) is 113 cm³/mol. The predicted octanol–water partition coefficient (Wildman–Crippen LogP) is 4.63. The van der Waals surface area contributed by atoms with Gasteiger partial charge in [0.25, 0.3) is 5.91 Å². The largest absolute Gasteiger partial charge is 0.326 e. The normalized spacial score (nSPS) is 10.8. The summed E-state index contributed by atoms with van der Waals surface area (Å²) in [7, 11) is 0. The van der Waals surface area contributed by atoms with Gasteiger partial charge in [-0.25, -0.2) is 14.4 Å². The lowest BCUT2D eigenvalue weighted by Gasteiger charge is -2.04. The summed E-state index contributed by atoms with van der Waals surface area (Å²) in [4.78, 5) is 33.2. The molecule has 6 nitrogen and oxygen atoms in total. The molecule has 0 atom stereocenters. The highest BCUT2D eigenvalue weighted by atomic mass is 32.1. The first-order valence-electron chi connectivity index (χ1n) is 8.64. The van der Waals surface area contributed by atoms with Crippen molar-refractivity contribution in [3.05, 3.63) is 69.9 Å². The van der Waals surface area contributed by atoms with Crippen molar-refractivity contribution in [2.45, 2.75) is 13.3 Å². The van der Waals surface area contributed by atoms with Gasteiger partial charge in [0.05, 0.1) is 27.3 Å². The van der Waals surface area contributed by atoms with Crippen LogP contribution in [-0.4, -0.2) is 21.8 Å². The molecular weight excluding hydrogens is 411 g/mol. The van der Waals surface area contributed by atoms with Gasteiger partial charge in [0, 0.05) is 16.6 Å². The minimum absolute atomic E-state index is 0.0804. The van der Waals surface area contributed by atoms with Crippen LogP contribution in [0.15, 0.2) is 47.8 Å². The van der Waals surface area contributed by atoms with Gasteiger partial charge in [0.2, 0.25) is 5.91 Å². The lowest BCUT2D eigenvalue weighted by molar-refractivity contribution is -0.115. The number of hydrogen-bond donors (Lipinski definition) is 2. The van der Waals surface area contributed by atoms with E-state index in [0.717, 1.165) is 15.2 Å². The maximum atomic E-state index is 13.0. The zero-order valence-corrected chi connectivity index (χ0v) is 16.9. The van der Waals surface area contributed by atoms with Crippen LogP contribution in [0.4, 0.5) is 15.2 Å². The number of anilines is 2. The summed E-state index contributed by atoms with van der Waals surface area (Å²) < 4.78 is 14.0. The van der Waals surface area contributed by atoms with Crippen molar-refractivity contribution >= 4 is 55.5 Å². The number of hydrogen-bond acceptors (Lipinski definition) is 6. The minimum Gasteiger partial charge on any atom is -0.326 e. The van der Waals surface area contributed by atoms with Gasteiger partial charge in [0.15, 0.2) is 5.13 Å². The molecule has 0 aliphatic carbocycles. The summed E-state index contributed by atoms with van der Waals surface area (Å²) in [6.07, 6.45) is 0.0804. The number of benzene rings is 2. The van der Waals surface area contributed by atoms with Gasteiger partial charge in [-0.1, -0.05) is 0 Å². The number of fused-ring (bicyclic) bond motifs is 1. The molecule has 0 spiro atoms. The SMILES string of the molecule is Cc1nc2cc(NC(=O)Cc3csc(NC(=O)c4ccc(F)cc4)n3)ccc2s1. The molecule has 2 amide bonds. The van der Waals surface area contributed by atoms with E-state index in [4.69, 9.17) is 0 Å². The molecule has 0 saturated heterocycles. The van der Waals surface area contributed by atoms with E-state index in [1.165, 1.54) is 35.6 Å². The smallest absolute Gasteiger partial charge is 0.257 e. The second-order valence-electron chi connectivity index (χ2n) is 6.25. The Morgan fingerprint density at radius 2 is 1.86 bits per heavy atom. The highest BCUT2D eigenvalue weighted by molar-refractivity contribution is 7.18. The van der Waals surface area contributed by atoms with Crippen molar-refractivity contribution < 1.29 is 14.0 Å². The third-order valence-electron chi connectivity index (χ3n) is 4.00. The van der Waals surface area contributed by atoms with Crippen molar-refractivity contribution in [2.75, 3.05) is 10.6 Å². The van der Waals surface area contributed by atoms with Gasteiger partial charge in [-0.15, -0.1) is 22.7 Å². The molecule has 0 unspecified atom stereocenters. The molecule has 29 heavy (non-hydrogen) atoms. The van der Waals surface area contributed by atoms with Crippen LogP contribution in [-0.2, 0) is 11.2 Å². The zero-order chi connectivity index (χ0) is 20.4. The summed E-state index contributed by atoms with van der Waals surface area (Å²) >= 11 is 2.83. The van der Waals surface area contributed by atoms with Crippen LogP contribution in [0.3, 0.4) is 0 Å². The Hall–Kier alpha value is -3.17. The molecule has 9 heteroatoms. The number of nitrogens with zero attached hydrogens (tertiary/aromatic N) is 2. The quantitative estimate of drug-likeness (QED) is 0.487. The van der Waals surface area contributed by atoms with E-state index in [9.17, 15) is 14.0 Å². The monoisotopic (exact) mass is 426 g/mol. The summed E-state index contributed by atoms with van der Waals surface area (Å²) in [5.74, 6) is -1.01. The number of nitrogens with one attached hydrogen (secondary N) is 2. The summed E-state index contributed by atoms with van der Waals surface area (Å²) in [5, 5.41) is 8.56. The molecule has 2 N–H and O–H groups in total. The number of halogens is 1. The van der Waals surface area contributed by atoms with Crippen LogP contribution < -0.4 is 10.6 Å². The fourth-order valence-corrected chi connectivity index (χ4v) is 4.22. The van der Waals surface area contributed by atoms with Crippen molar-refractivity contribution in [3.63, 3.8) is 0 Å². The standard InChI is InChI=1S/C20H15FN4O2S2/c1-11-22-16-8-14(6-7-17(16)29-11)23-18(26)9-15-10-28-20(24-15)25-19(27)12-2-4-13(21)5-3-12/h2-8,10H,9H2,1H3,(H,23,26)(H,24,25,27). The van der Waals surface area contributed by atoms with Crippen molar-refractivity contribution in [2.24, 2.45) is 0 Å². The summed E-state index contributed by atoms with van der Waals surface area (Å²) in [6, 6.07) is 10.8. The number of carbonyl (C=O) groups is 2. The van der Waals surface area contributed by atoms with E-state index >= 15 is 0 Å². The van der Waals surface area contributed by atoms with E-state index in [2.05, 4.69) is 20.6 Å². The molecule has 146 valence electrons. The number of thiazole rings is 2. The van der Waals surface area contributed by atoms with Gasteiger partial charge in [-0.05, 0) is 49.4 Å². The Kier molecular flexibility index (Phi) is 5.32. The van der Waals surface area contributed by atoms with Gasteiger partial charge >= 0.3 is 0 Å². The number of carbonyl (C=O) groups excluding carboxylic acids is 2. The Morgan fingerprint density at radius 1 is 1.07 bits per heavy atom. The van der Waals surface area contributed by atoms with Crippen molar-refractivity contribution in [3.8, 4) is 0 Å². The third-order valence-corrected chi connectivity index (χ3v) is 5.76. The van der Waals surface area contributed by atoms with E-state index in [1.807, 2.05) is 25.1 Å². The van der Waals surface area contributed by atoms with E-state index in [1.54, 1.807) is 16.7 Å². The van der Waals surface area contributed by atoms with Crippen LogP contribution in [0.5, 0.6) is 0 Å². The van der Waals surface area contributed by atoms with Crippen LogP contribution in [0.25, 0.3) is 10.2 Å². The highest BCUT2D eigenvalue weighted by Crippen LogP contribution is 2.24. The van der Waals surface area contributed by atoms with E-state index in [-0.39, 0.29) is 18.2 Å². The Labute approximate surface area is 173 Å². The molecule has 2 aromatic carbocycles. The minimum atomic E-state index is -0.409. The lowest BCUT2D eigenvalue weighted by Crippen LogP contribution is -2.15. The molecule has 2 aromatic heterocycles. The average molecular weight is 426 g/mol. The first-order valence-corrected chi connectivity index (χ1v) is 10.3. The molecular formula is C20H15FN4O2S2. The molecule has 0 radical (unpaired) electrons. The number of aryl methyl sites for hydroxylation is 1. The summed E-state index contributed by atoms with van der Waals surface area (Å²) in [6.45, 7) is 1.94. The average Bonchev–Trinajstić information content (AvgIpc) is 3.26. The zero-order valence-electron chi connectivity index (χ0n) is 15.2. The number of amides is 2. The molecule has 0 aliphatic heterocycles.